The van der Waals surface area contributed by atoms with Crippen LogP contribution in [0.1, 0.15) is 56.9 Å². The number of nitrogens with zero attached hydrogens (tertiary/aromatic N) is 2. The maximum absolute atomic E-state index is 15.8. The Morgan fingerprint density at radius 1 is 0.860 bits per heavy atom. The highest BCUT2D eigenvalue weighted by Gasteiger charge is 2.32. The summed E-state index contributed by atoms with van der Waals surface area (Å²) in [5.41, 5.74) is 3.11. The average Bonchev–Trinajstić information content (AvgIpc) is 3.12. The molecule has 2 amide bonds. The van der Waals surface area contributed by atoms with E-state index in [0.29, 0.717) is 64.2 Å². The number of methoxy groups -OCH3 is 1. The number of carbonyl (C=O) groups excluding carboxylic acids is 2. The van der Waals surface area contributed by atoms with E-state index in [-0.39, 0.29) is 35.4 Å². The number of nitrogens with one attached hydrogen (secondary N) is 2. The Morgan fingerprint density at radius 2 is 1.58 bits per heavy atom. The summed E-state index contributed by atoms with van der Waals surface area (Å²) in [6, 6.07) is 15.4. The average molecular weight is 683 g/mol. The van der Waals surface area contributed by atoms with Gasteiger partial charge >= 0.3 is 0 Å². The van der Waals surface area contributed by atoms with Crippen LogP contribution in [-0.2, 0) is 23.1 Å². The molecule has 3 aliphatic rings. The van der Waals surface area contributed by atoms with Crippen molar-refractivity contribution in [3.05, 3.63) is 88.3 Å². The second-order valence-electron chi connectivity index (χ2n) is 14.3. The molecule has 50 heavy (non-hydrogen) atoms. The Balaban J connectivity index is 0.942. The van der Waals surface area contributed by atoms with E-state index in [0.717, 1.165) is 62.6 Å². The molecule has 0 spiro atoms. The smallest absolute Gasteiger partial charge is 0.258 e. The molecule has 1 atom stereocenters. The zero-order valence-electron chi connectivity index (χ0n) is 28.6. The first-order valence-corrected chi connectivity index (χ1v) is 17.8. The van der Waals surface area contributed by atoms with Gasteiger partial charge in [-0.05, 0) is 116 Å². The zero-order chi connectivity index (χ0) is 34.9. The molecular weight excluding hydrogens is 638 g/mol. The quantitative estimate of drug-likeness (QED) is 0.195. The predicted octanol–water partition coefficient (Wildman–Crippen LogP) is 6.97. The van der Waals surface area contributed by atoms with E-state index in [2.05, 4.69) is 15.5 Å². The first kappa shape index (κ1) is 33.8. The number of carbonyl (C=O) groups is 2. The molecule has 2 N–H and O–H groups in total. The van der Waals surface area contributed by atoms with Crippen LogP contribution in [0.25, 0.3) is 21.9 Å². The van der Waals surface area contributed by atoms with Gasteiger partial charge in [0, 0.05) is 55.0 Å². The van der Waals surface area contributed by atoms with Crippen LogP contribution in [0, 0.1) is 29.4 Å². The summed E-state index contributed by atoms with van der Waals surface area (Å²) in [5, 5.41) is 6.77. The van der Waals surface area contributed by atoms with Gasteiger partial charge in [-0.15, -0.1) is 0 Å². The number of rotatable bonds is 8. The fourth-order valence-electron chi connectivity index (χ4n) is 8.44. The zero-order valence-corrected chi connectivity index (χ0v) is 28.6. The summed E-state index contributed by atoms with van der Waals surface area (Å²) in [7, 11) is 3.30. The van der Waals surface area contributed by atoms with Crippen LogP contribution in [0.5, 0.6) is 5.75 Å². The molecule has 7 rings (SSSR count). The molecule has 10 heteroatoms. The maximum atomic E-state index is 15.8. The molecule has 2 aliphatic heterocycles. The van der Waals surface area contributed by atoms with Gasteiger partial charge in [-0.2, -0.15) is 0 Å². The molecule has 3 fully saturated rings. The lowest BCUT2D eigenvalue weighted by molar-refractivity contribution is -0.133. The molecule has 1 saturated carbocycles. The number of fused-ring (bicyclic) bond motifs is 1. The molecule has 2 saturated heterocycles. The number of halogens is 2. The number of imide groups is 1. The van der Waals surface area contributed by atoms with Crippen LogP contribution >= 0.6 is 0 Å². The van der Waals surface area contributed by atoms with Crippen molar-refractivity contribution in [1.29, 1.82) is 0 Å². The van der Waals surface area contributed by atoms with Crippen molar-refractivity contribution < 1.29 is 23.1 Å². The number of hydrogen-bond acceptors (Lipinski definition) is 6. The minimum Gasteiger partial charge on any atom is -0.496 e. The molecular formula is C40H44F2N4O4. The lowest BCUT2D eigenvalue weighted by Crippen LogP contribution is -2.47. The molecule has 262 valence electrons. The number of benzene rings is 3. The maximum Gasteiger partial charge on any atom is 0.258 e. The highest BCUT2D eigenvalue weighted by atomic mass is 19.1. The van der Waals surface area contributed by atoms with Crippen molar-refractivity contribution in [3.63, 3.8) is 0 Å². The van der Waals surface area contributed by atoms with Gasteiger partial charge in [0.1, 0.15) is 23.4 Å². The van der Waals surface area contributed by atoms with Gasteiger partial charge in [0.25, 0.3) is 5.56 Å². The number of aromatic nitrogens is 1. The van der Waals surface area contributed by atoms with Crippen LogP contribution < -0.4 is 25.8 Å². The SMILES string of the molecule is COc1cc(-c2cn(C)c(=O)c3ccccc23)cc(F)c1CC1CCC(C2CCN(c3ccc(NC4CCC(=O)NC4=O)cc3F)CC2)CC1. The third-order valence-electron chi connectivity index (χ3n) is 11.2. The van der Waals surface area contributed by atoms with Crippen molar-refractivity contribution in [2.45, 2.75) is 63.8 Å². The van der Waals surface area contributed by atoms with Gasteiger partial charge in [0.15, 0.2) is 0 Å². The number of aryl methyl sites for hydroxylation is 1. The fourth-order valence-corrected chi connectivity index (χ4v) is 8.44. The van der Waals surface area contributed by atoms with E-state index in [1.54, 1.807) is 49.2 Å². The molecule has 1 unspecified atom stereocenters. The standard InChI is InChI=1S/C40H44F2N4O4/c1-45-23-32(29-5-3-4-6-30(29)40(45)49)27-20-33(41)31(37(21-27)50-2)19-24-7-9-25(10-8-24)26-15-17-46(18-16-26)36-13-11-28(22-34(36)42)43-35-12-14-38(47)44-39(35)48/h3-6,11,13,20-26,35,43H,7-10,12,14-19H2,1-2H3,(H,44,47,48). The second-order valence-corrected chi connectivity index (χ2v) is 14.3. The topological polar surface area (TPSA) is 92.7 Å². The lowest BCUT2D eigenvalue weighted by Gasteiger charge is -2.40. The van der Waals surface area contributed by atoms with E-state index < -0.39 is 6.04 Å². The summed E-state index contributed by atoms with van der Waals surface area (Å²) >= 11 is 0. The third-order valence-corrected chi connectivity index (χ3v) is 11.2. The van der Waals surface area contributed by atoms with E-state index in [1.807, 2.05) is 24.3 Å². The van der Waals surface area contributed by atoms with E-state index in [4.69, 9.17) is 4.74 Å². The Kier molecular flexibility index (Phi) is 9.62. The van der Waals surface area contributed by atoms with E-state index in [1.165, 1.54) is 6.07 Å². The number of hydrogen-bond donors (Lipinski definition) is 2. The minimum absolute atomic E-state index is 0.0867. The number of ether oxygens (including phenoxy) is 1. The highest BCUT2D eigenvalue weighted by Crippen LogP contribution is 2.42. The molecule has 1 aliphatic carbocycles. The van der Waals surface area contributed by atoms with Gasteiger partial charge in [-0.1, -0.05) is 18.2 Å². The first-order valence-electron chi connectivity index (χ1n) is 17.8. The molecule has 4 aromatic rings. The van der Waals surface area contributed by atoms with Crippen molar-refractivity contribution >= 4 is 34.0 Å². The predicted molar refractivity (Wildman–Crippen MR) is 191 cm³/mol. The van der Waals surface area contributed by atoms with E-state index >= 15 is 8.78 Å². The number of piperidine rings is 2. The van der Waals surface area contributed by atoms with Crippen molar-refractivity contribution in [2.75, 3.05) is 30.4 Å². The van der Waals surface area contributed by atoms with Crippen LogP contribution in [0.2, 0.25) is 0 Å². The first-order chi connectivity index (χ1) is 24.2. The van der Waals surface area contributed by atoms with Gasteiger partial charge < -0.3 is 19.5 Å². The van der Waals surface area contributed by atoms with Crippen LogP contribution in [0.3, 0.4) is 0 Å². The minimum atomic E-state index is -0.551. The lowest BCUT2D eigenvalue weighted by atomic mass is 9.71. The van der Waals surface area contributed by atoms with Crippen LogP contribution in [0.15, 0.2) is 65.6 Å². The Hall–Kier alpha value is -4.73. The number of amides is 2. The molecule has 3 heterocycles. The Labute approximate surface area is 290 Å². The Morgan fingerprint density at radius 3 is 2.28 bits per heavy atom. The molecule has 8 nitrogen and oxygen atoms in total. The van der Waals surface area contributed by atoms with Crippen molar-refractivity contribution in [3.8, 4) is 16.9 Å². The van der Waals surface area contributed by atoms with Crippen LogP contribution in [-0.4, -0.2) is 42.6 Å². The van der Waals surface area contributed by atoms with Crippen molar-refractivity contribution in [1.82, 2.24) is 9.88 Å². The molecule has 1 aromatic heterocycles. The van der Waals surface area contributed by atoms with Gasteiger partial charge in [0.05, 0.1) is 12.8 Å². The number of pyridine rings is 1. The number of anilines is 2. The van der Waals surface area contributed by atoms with Crippen LogP contribution in [0.4, 0.5) is 20.2 Å². The highest BCUT2D eigenvalue weighted by molar-refractivity contribution is 6.01. The largest absolute Gasteiger partial charge is 0.496 e. The normalized spacial score (nSPS) is 21.7. The van der Waals surface area contributed by atoms with Gasteiger partial charge in [-0.25, -0.2) is 8.78 Å². The Bertz CT molecular complexity index is 1980. The molecule has 0 radical (unpaired) electrons. The van der Waals surface area contributed by atoms with E-state index in [9.17, 15) is 14.4 Å². The monoisotopic (exact) mass is 682 g/mol. The fraction of sp³-hybridized carbons (Fsp3) is 0.425. The molecule has 3 aromatic carbocycles. The second kappa shape index (κ2) is 14.2. The van der Waals surface area contributed by atoms with Gasteiger partial charge in [-0.3, -0.25) is 19.7 Å². The summed E-state index contributed by atoms with van der Waals surface area (Å²) in [4.78, 5) is 38.3. The summed E-state index contributed by atoms with van der Waals surface area (Å²) in [6.07, 6.45) is 9.35. The van der Waals surface area contributed by atoms with Crippen molar-refractivity contribution in [2.24, 2.45) is 24.8 Å². The summed E-state index contributed by atoms with van der Waals surface area (Å²) < 4.78 is 38.3. The molecule has 0 bridgehead atoms. The van der Waals surface area contributed by atoms with Gasteiger partial charge in [0.2, 0.25) is 11.8 Å². The third kappa shape index (κ3) is 6.85. The summed E-state index contributed by atoms with van der Waals surface area (Å²) in [5.74, 6) is 0.865. The summed E-state index contributed by atoms with van der Waals surface area (Å²) in [6.45, 7) is 1.59.